The van der Waals surface area contributed by atoms with E-state index in [1.165, 1.54) is 17.0 Å². The first kappa shape index (κ1) is 20.7. The van der Waals surface area contributed by atoms with Crippen molar-refractivity contribution >= 4 is 17.6 Å². The fraction of sp³-hybridized carbons (Fsp3) is 0.333. The summed E-state index contributed by atoms with van der Waals surface area (Å²) in [5.74, 6) is 0.261. The van der Waals surface area contributed by atoms with Crippen molar-refractivity contribution in [1.82, 2.24) is 4.90 Å². The number of alkyl halides is 3. The number of benzene rings is 2. The summed E-state index contributed by atoms with van der Waals surface area (Å²) in [7, 11) is 0. The van der Waals surface area contributed by atoms with Crippen LogP contribution in [0, 0.1) is 0 Å². The van der Waals surface area contributed by atoms with Gasteiger partial charge in [-0.05, 0) is 62.7 Å². The van der Waals surface area contributed by atoms with Gasteiger partial charge in [-0.2, -0.15) is 13.2 Å². The van der Waals surface area contributed by atoms with Crippen LogP contribution in [0.25, 0.3) is 0 Å². The lowest BCUT2D eigenvalue weighted by molar-refractivity contribution is -0.137. The number of ether oxygens (including phenoxy) is 1. The van der Waals surface area contributed by atoms with Gasteiger partial charge in [0.1, 0.15) is 17.9 Å². The van der Waals surface area contributed by atoms with Crippen LogP contribution in [0.15, 0.2) is 48.5 Å². The van der Waals surface area contributed by atoms with Crippen LogP contribution in [0.3, 0.4) is 0 Å². The molecule has 0 aliphatic carbocycles. The molecule has 0 spiro atoms. The second-order valence-corrected chi connectivity index (χ2v) is 7.75. The van der Waals surface area contributed by atoms with Crippen molar-refractivity contribution in [3.05, 3.63) is 59.7 Å². The van der Waals surface area contributed by atoms with Gasteiger partial charge in [0.15, 0.2) is 0 Å². The lowest BCUT2D eigenvalue weighted by Crippen LogP contribution is -2.32. The number of halogens is 3. The Kier molecular flexibility index (Phi) is 5.30. The number of rotatable bonds is 4. The Morgan fingerprint density at radius 2 is 1.52 bits per heavy atom. The molecule has 0 bridgehead atoms. The predicted molar refractivity (Wildman–Crippen MR) is 102 cm³/mol. The minimum absolute atomic E-state index is 0.0740. The van der Waals surface area contributed by atoms with Crippen LogP contribution in [0.2, 0.25) is 0 Å². The fourth-order valence-electron chi connectivity index (χ4n) is 2.93. The highest BCUT2D eigenvalue weighted by Gasteiger charge is 2.37. The van der Waals surface area contributed by atoms with Crippen LogP contribution in [0.4, 0.5) is 23.7 Å². The quantitative estimate of drug-likeness (QED) is 0.682. The SMILES string of the molecule is CC(C)(C)Oc1ccc(CN2C(=O)CN(c3ccc(C(F)(F)F)cc3)C2=O)cc1. The number of hydrogen-bond donors (Lipinski definition) is 0. The maximum atomic E-state index is 12.7. The molecule has 1 saturated heterocycles. The van der Waals surface area contributed by atoms with Gasteiger partial charge in [0.2, 0.25) is 0 Å². The van der Waals surface area contributed by atoms with E-state index in [0.717, 1.165) is 22.6 Å². The summed E-state index contributed by atoms with van der Waals surface area (Å²) < 4.78 is 43.9. The van der Waals surface area contributed by atoms with Crippen molar-refractivity contribution in [2.24, 2.45) is 0 Å². The number of nitrogens with zero attached hydrogens (tertiary/aromatic N) is 2. The van der Waals surface area contributed by atoms with Gasteiger partial charge in [-0.1, -0.05) is 12.1 Å². The molecule has 3 amide bonds. The summed E-state index contributed by atoms with van der Waals surface area (Å²) in [6.45, 7) is 5.65. The van der Waals surface area contributed by atoms with E-state index in [9.17, 15) is 22.8 Å². The standard InChI is InChI=1S/C21H21F3N2O3/c1-20(2,3)29-17-10-4-14(5-11-17)12-26-18(27)13-25(19(26)28)16-8-6-15(7-9-16)21(22,23)24/h4-11H,12-13H2,1-3H3. The fourth-order valence-corrected chi connectivity index (χ4v) is 2.93. The molecule has 5 nitrogen and oxygen atoms in total. The van der Waals surface area contributed by atoms with Gasteiger partial charge in [-0.3, -0.25) is 14.6 Å². The van der Waals surface area contributed by atoms with Crippen molar-refractivity contribution < 1.29 is 27.5 Å². The molecule has 0 atom stereocenters. The summed E-state index contributed by atoms with van der Waals surface area (Å²) in [5, 5.41) is 0. The van der Waals surface area contributed by atoms with Crippen molar-refractivity contribution in [3.63, 3.8) is 0 Å². The van der Waals surface area contributed by atoms with Gasteiger partial charge in [-0.25, -0.2) is 4.79 Å². The summed E-state index contributed by atoms with van der Waals surface area (Å²) in [6.07, 6.45) is -4.46. The molecular formula is C21H21F3N2O3. The van der Waals surface area contributed by atoms with E-state index < -0.39 is 23.7 Å². The normalized spacial score (nSPS) is 15.2. The minimum Gasteiger partial charge on any atom is -0.488 e. The first-order valence-corrected chi connectivity index (χ1v) is 9.01. The molecule has 0 radical (unpaired) electrons. The third kappa shape index (κ3) is 4.88. The zero-order valence-electron chi connectivity index (χ0n) is 16.3. The van der Waals surface area contributed by atoms with Gasteiger partial charge in [0.25, 0.3) is 5.91 Å². The Morgan fingerprint density at radius 1 is 0.931 bits per heavy atom. The Morgan fingerprint density at radius 3 is 2.03 bits per heavy atom. The Hall–Kier alpha value is -3.03. The van der Waals surface area contributed by atoms with Gasteiger partial charge in [-0.15, -0.1) is 0 Å². The second kappa shape index (κ2) is 7.42. The van der Waals surface area contributed by atoms with E-state index >= 15 is 0 Å². The van der Waals surface area contributed by atoms with Gasteiger partial charge < -0.3 is 4.74 Å². The van der Waals surface area contributed by atoms with Crippen LogP contribution < -0.4 is 9.64 Å². The lowest BCUT2D eigenvalue weighted by Gasteiger charge is -2.21. The molecule has 0 unspecified atom stereocenters. The minimum atomic E-state index is -4.46. The molecule has 29 heavy (non-hydrogen) atoms. The topological polar surface area (TPSA) is 49.9 Å². The summed E-state index contributed by atoms with van der Waals surface area (Å²) in [6, 6.07) is 10.7. The molecule has 1 aliphatic heterocycles. The molecule has 1 fully saturated rings. The summed E-state index contributed by atoms with van der Waals surface area (Å²) in [4.78, 5) is 27.2. The predicted octanol–water partition coefficient (Wildman–Crippen LogP) is 4.85. The number of urea groups is 1. The first-order chi connectivity index (χ1) is 13.4. The van der Waals surface area contributed by atoms with Crippen LogP contribution in [0.1, 0.15) is 31.9 Å². The third-order valence-electron chi connectivity index (χ3n) is 4.25. The average Bonchev–Trinajstić information content (AvgIpc) is 2.90. The molecule has 0 aromatic heterocycles. The van der Waals surface area contributed by atoms with E-state index in [1.807, 2.05) is 20.8 Å². The largest absolute Gasteiger partial charge is 0.488 e. The van der Waals surface area contributed by atoms with E-state index in [1.54, 1.807) is 24.3 Å². The third-order valence-corrected chi connectivity index (χ3v) is 4.25. The van der Waals surface area contributed by atoms with E-state index in [2.05, 4.69) is 0 Å². The molecule has 2 aromatic carbocycles. The van der Waals surface area contributed by atoms with Crippen LogP contribution in [0.5, 0.6) is 5.75 Å². The lowest BCUT2D eigenvalue weighted by atomic mass is 10.1. The van der Waals surface area contributed by atoms with Crippen molar-refractivity contribution in [1.29, 1.82) is 0 Å². The molecule has 0 N–H and O–H groups in total. The smallest absolute Gasteiger partial charge is 0.416 e. The number of carbonyl (C=O) groups excluding carboxylic acids is 2. The van der Waals surface area contributed by atoms with Crippen LogP contribution in [-0.2, 0) is 17.5 Å². The molecule has 2 aromatic rings. The maximum absolute atomic E-state index is 12.7. The van der Waals surface area contributed by atoms with Gasteiger partial charge in [0.05, 0.1) is 12.1 Å². The Balaban J connectivity index is 1.71. The maximum Gasteiger partial charge on any atom is 0.416 e. The number of amides is 3. The first-order valence-electron chi connectivity index (χ1n) is 9.01. The molecule has 3 rings (SSSR count). The molecule has 0 saturated carbocycles. The van der Waals surface area contributed by atoms with E-state index in [4.69, 9.17) is 4.74 Å². The van der Waals surface area contributed by atoms with Gasteiger partial charge >= 0.3 is 12.2 Å². The average molecular weight is 406 g/mol. The van der Waals surface area contributed by atoms with E-state index in [0.29, 0.717) is 5.75 Å². The van der Waals surface area contributed by atoms with Crippen LogP contribution in [-0.4, -0.2) is 29.0 Å². The highest BCUT2D eigenvalue weighted by atomic mass is 19.4. The Bertz CT molecular complexity index is 901. The van der Waals surface area contributed by atoms with Crippen molar-refractivity contribution in [3.8, 4) is 5.75 Å². The number of anilines is 1. The molecule has 1 aliphatic rings. The number of hydrogen-bond acceptors (Lipinski definition) is 3. The zero-order chi connectivity index (χ0) is 21.4. The van der Waals surface area contributed by atoms with E-state index in [-0.39, 0.29) is 24.4 Å². The molecule has 1 heterocycles. The molecular weight excluding hydrogens is 385 g/mol. The number of imide groups is 1. The zero-order valence-corrected chi connectivity index (χ0v) is 16.3. The second-order valence-electron chi connectivity index (χ2n) is 7.75. The van der Waals surface area contributed by atoms with Crippen molar-refractivity contribution in [2.75, 3.05) is 11.4 Å². The highest BCUT2D eigenvalue weighted by molar-refractivity contribution is 6.12. The number of carbonyl (C=O) groups is 2. The molecule has 154 valence electrons. The summed E-state index contributed by atoms with van der Waals surface area (Å²) >= 11 is 0. The van der Waals surface area contributed by atoms with Crippen LogP contribution >= 0.6 is 0 Å². The summed E-state index contributed by atoms with van der Waals surface area (Å²) in [5.41, 5.74) is -0.173. The highest BCUT2D eigenvalue weighted by Crippen LogP contribution is 2.31. The molecule has 8 heteroatoms. The van der Waals surface area contributed by atoms with Crippen molar-refractivity contribution in [2.45, 2.75) is 39.1 Å². The van der Waals surface area contributed by atoms with Gasteiger partial charge in [0, 0.05) is 5.69 Å². The monoisotopic (exact) mass is 406 g/mol. The Labute approximate surface area is 166 Å².